The maximum absolute atomic E-state index is 10.3. The van der Waals surface area contributed by atoms with Crippen LogP contribution in [-0.4, -0.2) is 65.2 Å². The predicted octanol–water partition coefficient (Wildman–Crippen LogP) is 0.812. The molecule has 4 heteroatoms. The van der Waals surface area contributed by atoms with Crippen LogP contribution in [0, 0.1) is 0 Å². The third-order valence-electron chi connectivity index (χ3n) is 1.44. The van der Waals surface area contributed by atoms with Crippen LogP contribution in [0.15, 0.2) is 0 Å². The van der Waals surface area contributed by atoms with Crippen LogP contribution in [0.5, 0.6) is 0 Å². The fourth-order valence-electron chi connectivity index (χ4n) is 1.09. The van der Waals surface area contributed by atoms with Crippen molar-refractivity contribution < 1.29 is 9.90 Å². The van der Waals surface area contributed by atoms with E-state index in [2.05, 4.69) is 13.8 Å². The Morgan fingerprint density at radius 2 is 1.67 bits per heavy atom. The molecule has 0 unspecified atom stereocenters. The van der Waals surface area contributed by atoms with Gasteiger partial charge in [-0.05, 0) is 25.9 Å². The SMILES string of the molecule is CCCN(CCC)CC(=O)O.[Na]. The quantitative estimate of drug-likeness (QED) is 0.618. The average molecular weight is 182 g/mol. The minimum atomic E-state index is -0.730. The first-order valence-electron chi connectivity index (χ1n) is 4.14. The number of hydrogen-bond acceptors (Lipinski definition) is 2. The first kappa shape index (κ1) is 14.9. The summed E-state index contributed by atoms with van der Waals surface area (Å²) in [5, 5.41) is 8.50. The van der Waals surface area contributed by atoms with Crippen molar-refractivity contribution in [2.75, 3.05) is 19.6 Å². The van der Waals surface area contributed by atoms with E-state index >= 15 is 0 Å². The first-order valence-corrected chi connectivity index (χ1v) is 4.14. The largest absolute Gasteiger partial charge is 0.480 e. The molecule has 0 bridgehead atoms. The molecular weight excluding hydrogens is 165 g/mol. The number of nitrogens with zero attached hydrogens (tertiary/aromatic N) is 1. The Labute approximate surface area is 96.4 Å². The molecule has 3 nitrogen and oxygen atoms in total. The number of hydrogen-bond donors (Lipinski definition) is 1. The fourth-order valence-corrected chi connectivity index (χ4v) is 1.09. The maximum Gasteiger partial charge on any atom is 0.317 e. The van der Waals surface area contributed by atoms with Gasteiger partial charge in [0.05, 0.1) is 6.54 Å². The van der Waals surface area contributed by atoms with Crippen LogP contribution in [0.1, 0.15) is 26.7 Å². The van der Waals surface area contributed by atoms with Crippen LogP contribution in [0.3, 0.4) is 0 Å². The summed E-state index contributed by atoms with van der Waals surface area (Å²) in [6, 6.07) is 0. The molecule has 0 amide bonds. The van der Waals surface area contributed by atoms with Gasteiger partial charge in [-0.25, -0.2) is 0 Å². The molecule has 1 N–H and O–H groups in total. The number of rotatable bonds is 6. The van der Waals surface area contributed by atoms with Gasteiger partial charge in [0.1, 0.15) is 0 Å². The van der Waals surface area contributed by atoms with Crippen LogP contribution in [0.2, 0.25) is 0 Å². The number of carbonyl (C=O) groups is 1. The van der Waals surface area contributed by atoms with E-state index in [4.69, 9.17) is 5.11 Å². The minimum Gasteiger partial charge on any atom is -0.480 e. The van der Waals surface area contributed by atoms with Crippen LogP contribution in [0.4, 0.5) is 0 Å². The summed E-state index contributed by atoms with van der Waals surface area (Å²) >= 11 is 0. The van der Waals surface area contributed by atoms with Crippen molar-refractivity contribution >= 4 is 35.5 Å². The van der Waals surface area contributed by atoms with Gasteiger partial charge in [-0.3, -0.25) is 9.69 Å². The summed E-state index contributed by atoms with van der Waals surface area (Å²) in [6.07, 6.45) is 2.04. The number of aliphatic carboxylic acids is 1. The molecule has 0 aromatic rings. The van der Waals surface area contributed by atoms with Crippen molar-refractivity contribution in [3.8, 4) is 0 Å². The van der Waals surface area contributed by atoms with Crippen molar-refractivity contribution in [2.24, 2.45) is 0 Å². The molecule has 0 aliphatic rings. The van der Waals surface area contributed by atoms with Crippen LogP contribution in [0.25, 0.3) is 0 Å². The molecule has 0 aliphatic carbocycles. The van der Waals surface area contributed by atoms with Crippen molar-refractivity contribution in [3.63, 3.8) is 0 Å². The first-order chi connectivity index (χ1) is 5.20. The minimum absolute atomic E-state index is 0. The van der Waals surface area contributed by atoms with Gasteiger partial charge in [-0.2, -0.15) is 0 Å². The molecule has 0 aromatic heterocycles. The molecule has 12 heavy (non-hydrogen) atoms. The van der Waals surface area contributed by atoms with Gasteiger partial charge in [-0.1, -0.05) is 13.8 Å². The summed E-state index contributed by atoms with van der Waals surface area (Å²) < 4.78 is 0. The zero-order valence-electron chi connectivity index (χ0n) is 8.34. The number of carboxylic acids is 1. The fraction of sp³-hybridized carbons (Fsp3) is 0.875. The van der Waals surface area contributed by atoms with E-state index in [1.807, 2.05) is 4.90 Å². The second-order valence-electron chi connectivity index (χ2n) is 2.67. The average Bonchev–Trinajstić information content (AvgIpc) is 1.87. The maximum atomic E-state index is 10.3. The summed E-state index contributed by atoms with van der Waals surface area (Å²) in [7, 11) is 0. The molecular formula is C8H17NNaO2. The zero-order chi connectivity index (χ0) is 8.69. The van der Waals surface area contributed by atoms with Crippen molar-refractivity contribution in [1.29, 1.82) is 0 Å². The molecule has 0 rings (SSSR count). The van der Waals surface area contributed by atoms with E-state index in [0.29, 0.717) is 0 Å². The van der Waals surface area contributed by atoms with E-state index in [-0.39, 0.29) is 36.1 Å². The van der Waals surface area contributed by atoms with Gasteiger partial charge in [0.25, 0.3) is 0 Å². The molecule has 0 atom stereocenters. The van der Waals surface area contributed by atoms with Gasteiger partial charge in [0, 0.05) is 29.6 Å². The van der Waals surface area contributed by atoms with E-state index in [1.54, 1.807) is 0 Å². The molecule has 0 saturated carbocycles. The normalized spacial score (nSPS) is 9.58. The van der Waals surface area contributed by atoms with E-state index in [0.717, 1.165) is 25.9 Å². The molecule has 1 radical (unpaired) electrons. The third-order valence-corrected chi connectivity index (χ3v) is 1.44. The van der Waals surface area contributed by atoms with E-state index in [9.17, 15) is 4.79 Å². The van der Waals surface area contributed by atoms with Crippen LogP contribution in [-0.2, 0) is 4.79 Å². The Kier molecular flexibility index (Phi) is 11.8. The summed E-state index contributed by atoms with van der Waals surface area (Å²) in [5.74, 6) is -0.730. The Morgan fingerprint density at radius 1 is 1.25 bits per heavy atom. The van der Waals surface area contributed by atoms with Crippen LogP contribution < -0.4 is 0 Å². The molecule has 0 spiro atoms. The molecule has 0 aromatic carbocycles. The van der Waals surface area contributed by atoms with Gasteiger partial charge < -0.3 is 5.11 Å². The van der Waals surface area contributed by atoms with Crippen molar-refractivity contribution in [1.82, 2.24) is 4.90 Å². The Hall–Kier alpha value is 0.430. The Morgan fingerprint density at radius 3 is 1.92 bits per heavy atom. The van der Waals surface area contributed by atoms with Crippen LogP contribution >= 0.6 is 0 Å². The molecule has 0 aliphatic heterocycles. The molecule has 0 heterocycles. The Balaban J connectivity index is 0. The van der Waals surface area contributed by atoms with E-state index in [1.165, 1.54) is 0 Å². The topological polar surface area (TPSA) is 40.5 Å². The standard InChI is InChI=1S/C8H17NO2.Na/c1-3-5-9(6-4-2)7-8(10)11;/h3-7H2,1-2H3,(H,10,11);. The van der Waals surface area contributed by atoms with Crippen molar-refractivity contribution in [2.45, 2.75) is 26.7 Å². The smallest absolute Gasteiger partial charge is 0.317 e. The van der Waals surface area contributed by atoms with Crippen molar-refractivity contribution in [3.05, 3.63) is 0 Å². The monoisotopic (exact) mass is 182 g/mol. The van der Waals surface area contributed by atoms with Gasteiger partial charge in [0.15, 0.2) is 0 Å². The van der Waals surface area contributed by atoms with E-state index < -0.39 is 5.97 Å². The molecule has 67 valence electrons. The molecule has 0 fully saturated rings. The third kappa shape index (κ3) is 8.53. The summed E-state index contributed by atoms with van der Waals surface area (Å²) in [6.45, 7) is 6.08. The zero-order valence-corrected chi connectivity index (χ0v) is 10.3. The van der Waals surface area contributed by atoms with Gasteiger partial charge >= 0.3 is 5.97 Å². The second kappa shape index (κ2) is 9.52. The van der Waals surface area contributed by atoms with Gasteiger partial charge in [-0.15, -0.1) is 0 Å². The predicted molar refractivity (Wildman–Crippen MR) is 50.4 cm³/mol. The number of carboxylic acid groups (broad SMARTS) is 1. The molecule has 0 saturated heterocycles. The second-order valence-corrected chi connectivity index (χ2v) is 2.67. The van der Waals surface area contributed by atoms with Gasteiger partial charge in [0.2, 0.25) is 0 Å². The summed E-state index contributed by atoms with van der Waals surface area (Å²) in [5.41, 5.74) is 0. The Bertz CT molecular complexity index is 114. The summed E-state index contributed by atoms with van der Waals surface area (Å²) in [4.78, 5) is 12.3.